The van der Waals surface area contributed by atoms with Gasteiger partial charge in [0.1, 0.15) is 6.10 Å². The van der Waals surface area contributed by atoms with Crippen molar-refractivity contribution in [1.82, 2.24) is 30.3 Å². The second-order valence-corrected chi connectivity index (χ2v) is 10.7. The van der Waals surface area contributed by atoms with Gasteiger partial charge in [-0.25, -0.2) is 14.6 Å². The number of carbonyl (C=O) groups excluding carboxylic acids is 1. The van der Waals surface area contributed by atoms with Gasteiger partial charge in [0, 0.05) is 31.3 Å². The molecule has 10 nitrogen and oxygen atoms in total. The van der Waals surface area contributed by atoms with Gasteiger partial charge >= 0.3 is 0 Å². The van der Waals surface area contributed by atoms with Crippen LogP contribution >= 0.6 is 11.8 Å². The zero-order chi connectivity index (χ0) is 25.4. The van der Waals surface area contributed by atoms with Crippen LogP contribution in [0.15, 0.2) is 35.5 Å². The minimum absolute atomic E-state index is 0.248. The summed E-state index contributed by atoms with van der Waals surface area (Å²) in [4.78, 5) is 24.2. The van der Waals surface area contributed by atoms with Gasteiger partial charge in [0.2, 0.25) is 5.91 Å². The Balaban J connectivity index is 1.49. The third kappa shape index (κ3) is 4.55. The van der Waals surface area contributed by atoms with E-state index < -0.39 is 24.2 Å². The molecule has 36 heavy (non-hydrogen) atoms. The van der Waals surface area contributed by atoms with Crippen LogP contribution in [-0.2, 0) is 4.79 Å². The van der Waals surface area contributed by atoms with Gasteiger partial charge in [0.25, 0.3) is 0 Å². The van der Waals surface area contributed by atoms with E-state index in [1.165, 1.54) is 5.56 Å². The highest BCUT2D eigenvalue weighted by atomic mass is 32.2. The Hall–Kier alpha value is -2.76. The van der Waals surface area contributed by atoms with Crippen molar-refractivity contribution in [3.8, 4) is 0 Å². The summed E-state index contributed by atoms with van der Waals surface area (Å²) >= 11 is 1.57. The lowest BCUT2D eigenvalue weighted by Crippen LogP contribution is -2.38. The molecule has 11 heteroatoms. The van der Waals surface area contributed by atoms with Crippen molar-refractivity contribution in [2.45, 2.75) is 68.5 Å². The fourth-order valence-corrected chi connectivity index (χ4v) is 5.85. The summed E-state index contributed by atoms with van der Waals surface area (Å²) in [5.41, 5.74) is 2.37. The normalized spacial score (nSPS) is 27.4. The average Bonchev–Trinajstić information content (AvgIpc) is 3.51. The molecule has 2 aliphatic rings. The molecule has 0 radical (unpaired) electrons. The minimum atomic E-state index is -1.18. The summed E-state index contributed by atoms with van der Waals surface area (Å²) in [6.45, 7) is 4.39. The summed E-state index contributed by atoms with van der Waals surface area (Å²) in [6.07, 6.45) is -0.0833. The quantitative estimate of drug-likeness (QED) is 0.292. The van der Waals surface area contributed by atoms with E-state index in [9.17, 15) is 15.0 Å². The molecule has 3 aromatic rings. The predicted molar refractivity (Wildman–Crippen MR) is 138 cm³/mol. The molecule has 1 aromatic carbocycles. The van der Waals surface area contributed by atoms with E-state index in [0.717, 1.165) is 18.6 Å². The average molecular weight is 512 g/mol. The number of likely N-dealkylation sites (N-methyl/N-ethyl adjacent to an activating group) is 1. The number of hydrogen-bond acceptors (Lipinski definition) is 9. The van der Waals surface area contributed by atoms with Crippen LogP contribution in [0.1, 0.15) is 50.6 Å². The van der Waals surface area contributed by atoms with E-state index in [1.54, 1.807) is 16.4 Å². The predicted octanol–water partition coefficient (Wildman–Crippen LogP) is 2.13. The molecule has 0 saturated heterocycles. The van der Waals surface area contributed by atoms with Crippen LogP contribution in [0.2, 0.25) is 0 Å². The van der Waals surface area contributed by atoms with Crippen molar-refractivity contribution in [2.24, 2.45) is 5.92 Å². The van der Waals surface area contributed by atoms with Crippen LogP contribution in [0.25, 0.3) is 11.2 Å². The summed E-state index contributed by atoms with van der Waals surface area (Å²) in [5.74, 6) is 1.01. The number of thioether (sulfide) groups is 1. The molecule has 2 unspecified atom stereocenters. The first-order chi connectivity index (χ1) is 17.4. The van der Waals surface area contributed by atoms with E-state index >= 15 is 0 Å². The number of hydrogen-bond donors (Lipinski definition) is 3. The Morgan fingerprint density at radius 2 is 1.94 bits per heavy atom. The van der Waals surface area contributed by atoms with Crippen molar-refractivity contribution in [3.05, 3.63) is 35.9 Å². The summed E-state index contributed by atoms with van der Waals surface area (Å²) in [7, 11) is 2.03. The first-order valence-corrected chi connectivity index (χ1v) is 13.6. The molecular formula is C25H33N7O3S. The zero-order valence-electron chi connectivity index (χ0n) is 20.8. The monoisotopic (exact) mass is 511 g/mol. The number of aromatic nitrogens is 5. The van der Waals surface area contributed by atoms with Crippen molar-refractivity contribution in [3.63, 3.8) is 0 Å². The topological polar surface area (TPSA) is 129 Å². The molecule has 6 atom stereocenters. The van der Waals surface area contributed by atoms with Gasteiger partial charge in [0.15, 0.2) is 22.1 Å². The van der Waals surface area contributed by atoms with Crippen LogP contribution in [-0.4, -0.2) is 78.7 Å². The molecule has 5 rings (SSSR count). The van der Waals surface area contributed by atoms with Gasteiger partial charge in [-0.15, -0.1) is 5.10 Å². The van der Waals surface area contributed by atoms with Gasteiger partial charge in [-0.1, -0.05) is 54.2 Å². The Labute approximate surface area is 214 Å². The molecule has 192 valence electrons. The molecule has 2 heterocycles. The van der Waals surface area contributed by atoms with E-state index in [0.29, 0.717) is 40.6 Å². The smallest absolute Gasteiger partial charge is 0.225 e. The van der Waals surface area contributed by atoms with Crippen LogP contribution in [0.4, 0.5) is 5.82 Å². The number of carbonyl (C=O) groups is 1. The van der Waals surface area contributed by atoms with Crippen molar-refractivity contribution in [1.29, 1.82) is 0 Å². The number of aliphatic hydroxyl groups is 2. The molecule has 2 fully saturated rings. The molecule has 2 aromatic heterocycles. The molecule has 3 N–H and O–H groups in total. The maximum Gasteiger partial charge on any atom is 0.225 e. The largest absolute Gasteiger partial charge is 0.390 e. The third-order valence-electron chi connectivity index (χ3n) is 7.19. The van der Waals surface area contributed by atoms with E-state index in [1.807, 2.05) is 20.0 Å². The number of rotatable bonds is 9. The lowest BCUT2D eigenvalue weighted by Gasteiger charge is -2.20. The number of aliphatic hydroxyl groups excluding tert-OH is 2. The van der Waals surface area contributed by atoms with Crippen molar-refractivity contribution < 1.29 is 15.0 Å². The molecular weight excluding hydrogens is 478 g/mol. The Morgan fingerprint density at radius 1 is 1.17 bits per heavy atom. The minimum Gasteiger partial charge on any atom is -0.390 e. The number of benzene rings is 1. The van der Waals surface area contributed by atoms with Crippen molar-refractivity contribution in [2.75, 3.05) is 24.2 Å². The molecule has 0 bridgehead atoms. The van der Waals surface area contributed by atoms with Gasteiger partial charge in [-0.05, 0) is 31.7 Å². The lowest BCUT2D eigenvalue weighted by atomic mass is 10.0. The summed E-state index contributed by atoms with van der Waals surface area (Å²) in [5, 5.41) is 33.6. The second-order valence-electron chi connectivity index (χ2n) is 9.60. The maximum atomic E-state index is 12.5. The molecule has 1 amide bonds. The zero-order valence-corrected chi connectivity index (χ0v) is 21.6. The third-order valence-corrected chi connectivity index (χ3v) is 8.24. The van der Waals surface area contributed by atoms with E-state index in [-0.39, 0.29) is 12.3 Å². The van der Waals surface area contributed by atoms with Crippen LogP contribution < -0.4 is 10.2 Å². The highest BCUT2D eigenvalue weighted by Gasteiger charge is 2.47. The highest BCUT2D eigenvalue weighted by Crippen LogP contribution is 2.46. The van der Waals surface area contributed by atoms with Gasteiger partial charge in [-0.2, -0.15) is 0 Å². The fourth-order valence-electron chi connectivity index (χ4n) is 5.17. The molecule has 2 aliphatic carbocycles. The lowest BCUT2D eigenvalue weighted by molar-refractivity contribution is -0.128. The SMILES string of the molecule is CCCSc1nc(N(C)C2CC2c2ccccc2)c2nnn([C@H]3C[C@@H](C(=O)NCC)[C@H](O)[C@@H]3O)c2n1. The Bertz CT molecular complexity index is 1220. The first-order valence-electron chi connectivity index (χ1n) is 12.6. The number of anilines is 1. The standard InChI is InChI=1S/C25H33N7O3S/c1-4-11-36-25-27-22(31(3)17-12-15(17)14-9-7-6-8-10-14)19-23(28-25)32(30-29-19)18-13-16(20(33)21(18)34)24(35)26-5-2/h6-10,15-18,20-21,33-34H,4-5,11-13H2,1-3H3,(H,26,35)/t15?,16-,17?,18+,20+,21-/m1/s1. The van der Waals surface area contributed by atoms with Crippen molar-refractivity contribution >= 4 is 34.7 Å². The Morgan fingerprint density at radius 3 is 2.67 bits per heavy atom. The number of amides is 1. The molecule has 0 spiro atoms. The van der Waals surface area contributed by atoms with E-state index in [4.69, 9.17) is 9.97 Å². The van der Waals surface area contributed by atoms with Crippen LogP contribution in [0.3, 0.4) is 0 Å². The Kier molecular flexibility index (Phi) is 7.14. The van der Waals surface area contributed by atoms with Gasteiger partial charge in [-0.3, -0.25) is 4.79 Å². The van der Waals surface area contributed by atoms with Crippen LogP contribution in [0.5, 0.6) is 0 Å². The number of nitrogens with zero attached hydrogens (tertiary/aromatic N) is 6. The second kappa shape index (κ2) is 10.3. The van der Waals surface area contributed by atoms with Crippen LogP contribution in [0, 0.1) is 5.92 Å². The van der Waals surface area contributed by atoms with Gasteiger partial charge in [0.05, 0.1) is 18.1 Å². The summed E-state index contributed by atoms with van der Waals surface area (Å²) in [6, 6.07) is 10.1. The van der Waals surface area contributed by atoms with Gasteiger partial charge < -0.3 is 20.4 Å². The highest BCUT2D eigenvalue weighted by molar-refractivity contribution is 7.99. The fraction of sp³-hybridized carbons (Fsp3) is 0.560. The summed E-state index contributed by atoms with van der Waals surface area (Å²) < 4.78 is 1.57. The molecule has 2 saturated carbocycles. The first kappa shape index (κ1) is 24.9. The molecule has 0 aliphatic heterocycles. The maximum absolute atomic E-state index is 12.5. The number of fused-ring (bicyclic) bond motifs is 1. The van der Waals surface area contributed by atoms with E-state index in [2.05, 4.69) is 51.7 Å². The number of nitrogens with one attached hydrogen (secondary N) is 1.